The zero-order valence-corrected chi connectivity index (χ0v) is 13.5. The van der Waals surface area contributed by atoms with Crippen molar-refractivity contribution in [3.8, 4) is 0 Å². The van der Waals surface area contributed by atoms with Gasteiger partial charge in [-0.3, -0.25) is 4.79 Å². The number of carbonyl (C=O) groups is 1. The van der Waals surface area contributed by atoms with Gasteiger partial charge in [-0.15, -0.1) is 0 Å². The Morgan fingerprint density at radius 2 is 1.65 bits per heavy atom. The smallest absolute Gasteiger partial charge is 0.399 e. The van der Waals surface area contributed by atoms with Gasteiger partial charge in [0.05, 0.1) is 11.2 Å². The predicted molar refractivity (Wildman–Crippen MR) is 87.6 cm³/mol. The van der Waals surface area contributed by atoms with Gasteiger partial charge in [-0.2, -0.15) is 0 Å². The fourth-order valence-corrected chi connectivity index (χ4v) is 3.13. The fourth-order valence-electron chi connectivity index (χ4n) is 3.13. The van der Waals surface area contributed by atoms with E-state index in [-0.39, 0.29) is 11.7 Å². The van der Waals surface area contributed by atoms with Crippen LogP contribution in [0.1, 0.15) is 38.1 Å². The van der Waals surface area contributed by atoms with Crippen LogP contribution in [-0.4, -0.2) is 24.2 Å². The summed E-state index contributed by atoms with van der Waals surface area (Å²) in [5, 5.41) is 3.75. The molecule has 0 spiro atoms. The van der Waals surface area contributed by atoms with E-state index in [4.69, 9.17) is 9.31 Å². The van der Waals surface area contributed by atoms with Crippen LogP contribution in [0.15, 0.2) is 24.3 Å². The Balaban J connectivity index is 1.94. The van der Waals surface area contributed by atoms with Crippen molar-refractivity contribution in [1.82, 2.24) is 0 Å². The normalized spacial score (nSPS) is 21.1. The maximum Gasteiger partial charge on any atom is 0.495 e. The number of carbonyl (C=O) groups excluding carboxylic acids is 1. The van der Waals surface area contributed by atoms with E-state index in [2.05, 4.69) is 5.32 Å². The summed E-state index contributed by atoms with van der Waals surface area (Å²) in [7, 11) is -0.672. The highest BCUT2D eigenvalue weighted by Crippen LogP contribution is 2.39. The summed E-state index contributed by atoms with van der Waals surface area (Å²) >= 11 is 0. The molecule has 0 bridgehead atoms. The number of rotatable bonds is 1. The molecule has 4 rings (SSSR count). The molecule has 2 heterocycles. The summed E-state index contributed by atoms with van der Waals surface area (Å²) in [5.41, 5.74) is 0.698. The topological polar surface area (TPSA) is 47.6 Å². The third-order valence-electron chi connectivity index (χ3n) is 5.14. The first-order valence-electron chi connectivity index (χ1n) is 7.63. The van der Waals surface area contributed by atoms with Crippen LogP contribution in [0.2, 0.25) is 0 Å². The predicted octanol–water partition coefficient (Wildman–Crippen LogP) is 2.84. The van der Waals surface area contributed by atoms with Crippen molar-refractivity contribution in [2.45, 2.75) is 38.9 Å². The molecule has 6 heteroatoms. The van der Waals surface area contributed by atoms with Gasteiger partial charge in [-0.05, 0) is 51.4 Å². The lowest BCUT2D eigenvalue weighted by Gasteiger charge is -2.32. The number of amides is 1. The lowest BCUT2D eigenvalue weighted by Crippen LogP contribution is -2.41. The highest BCUT2D eigenvalue weighted by atomic mass is 19.1. The minimum Gasteiger partial charge on any atom is -0.399 e. The molecule has 23 heavy (non-hydrogen) atoms. The summed E-state index contributed by atoms with van der Waals surface area (Å²) in [6.07, 6.45) is 0. The lowest BCUT2D eigenvalue weighted by molar-refractivity contribution is 0.00578. The number of hydrogen-bond donors (Lipinski definition) is 1. The molecule has 0 saturated carbocycles. The first-order valence-corrected chi connectivity index (χ1v) is 7.63. The van der Waals surface area contributed by atoms with Crippen LogP contribution in [0.5, 0.6) is 0 Å². The highest BCUT2D eigenvalue weighted by Gasteiger charge is 2.52. The van der Waals surface area contributed by atoms with Gasteiger partial charge in [-0.25, -0.2) is 4.39 Å². The molecule has 0 aromatic heterocycles. The second-order valence-electron chi connectivity index (χ2n) is 7.09. The Morgan fingerprint density at radius 3 is 2.30 bits per heavy atom. The van der Waals surface area contributed by atoms with Crippen LogP contribution in [0.25, 0.3) is 10.8 Å². The fraction of sp³-hybridized carbons (Fsp3) is 0.353. The summed E-state index contributed by atoms with van der Waals surface area (Å²) < 4.78 is 26.6. The molecular formula is C17H17BFNO3. The van der Waals surface area contributed by atoms with E-state index < -0.39 is 18.3 Å². The van der Waals surface area contributed by atoms with E-state index in [0.29, 0.717) is 27.5 Å². The molecule has 0 atom stereocenters. The molecule has 0 aliphatic carbocycles. The van der Waals surface area contributed by atoms with Crippen molar-refractivity contribution in [3.63, 3.8) is 0 Å². The molecule has 118 valence electrons. The number of benzene rings is 2. The zero-order valence-electron chi connectivity index (χ0n) is 13.5. The van der Waals surface area contributed by atoms with Crippen molar-refractivity contribution in [1.29, 1.82) is 0 Å². The second kappa shape index (κ2) is 4.33. The SMILES string of the molecule is CC1(C)OB(c2ccc3c4c(ccc(F)c24)C(=O)N3)OC1(C)C. The molecular weight excluding hydrogens is 296 g/mol. The summed E-state index contributed by atoms with van der Waals surface area (Å²) in [6.45, 7) is 7.81. The van der Waals surface area contributed by atoms with Crippen LogP contribution >= 0.6 is 0 Å². The Kier molecular flexibility index (Phi) is 2.76. The zero-order chi connectivity index (χ0) is 16.6. The van der Waals surface area contributed by atoms with Crippen LogP contribution in [0.3, 0.4) is 0 Å². The average molecular weight is 313 g/mol. The van der Waals surface area contributed by atoms with Crippen LogP contribution in [-0.2, 0) is 9.31 Å². The lowest BCUT2D eigenvalue weighted by atomic mass is 9.75. The Morgan fingerprint density at radius 1 is 1.00 bits per heavy atom. The summed E-state index contributed by atoms with van der Waals surface area (Å²) in [6, 6.07) is 6.37. The molecule has 0 unspecified atom stereocenters. The quantitative estimate of drug-likeness (QED) is 0.824. The number of anilines is 1. The molecule has 4 nitrogen and oxygen atoms in total. The maximum atomic E-state index is 14.5. The van der Waals surface area contributed by atoms with E-state index in [1.807, 2.05) is 27.7 Å². The van der Waals surface area contributed by atoms with Gasteiger partial charge in [0.25, 0.3) is 5.91 Å². The van der Waals surface area contributed by atoms with Crippen LogP contribution in [0, 0.1) is 5.82 Å². The number of nitrogens with one attached hydrogen (secondary N) is 1. The minimum atomic E-state index is -0.672. The standard InChI is InChI=1S/C17H17BFNO3/c1-16(2)17(3,4)23-18(22-16)10-6-8-12-13-9(15(21)20-12)5-7-11(19)14(10)13/h5-8H,1-4H3,(H,20,21). The monoisotopic (exact) mass is 313 g/mol. The first-order chi connectivity index (χ1) is 10.7. The van der Waals surface area contributed by atoms with E-state index in [0.717, 1.165) is 0 Å². The van der Waals surface area contributed by atoms with Crippen molar-refractivity contribution in [2.75, 3.05) is 5.32 Å². The van der Waals surface area contributed by atoms with Gasteiger partial charge in [0.15, 0.2) is 0 Å². The van der Waals surface area contributed by atoms with Crippen molar-refractivity contribution < 1.29 is 18.5 Å². The molecule has 2 aromatic rings. The molecule has 2 aromatic carbocycles. The van der Waals surface area contributed by atoms with Crippen LogP contribution in [0.4, 0.5) is 10.1 Å². The second-order valence-corrected chi connectivity index (χ2v) is 7.09. The largest absolute Gasteiger partial charge is 0.495 e. The van der Waals surface area contributed by atoms with Gasteiger partial charge in [0.1, 0.15) is 5.82 Å². The Hall–Kier alpha value is -1.92. The van der Waals surface area contributed by atoms with E-state index >= 15 is 0 Å². The molecule has 1 amide bonds. The molecule has 1 fully saturated rings. The van der Waals surface area contributed by atoms with Gasteiger partial charge in [0.2, 0.25) is 0 Å². The van der Waals surface area contributed by atoms with E-state index in [1.54, 1.807) is 12.1 Å². The van der Waals surface area contributed by atoms with Gasteiger partial charge in [0, 0.05) is 22.0 Å². The van der Waals surface area contributed by atoms with Crippen molar-refractivity contribution in [3.05, 3.63) is 35.6 Å². The van der Waals surface area contributed by atoms with Gasteiger partial charge >= 0.3 is 7.12 Å². The molecule has 2 aliphatic heterocycles. The third kappa shape index (κ3) is 1.88. The minimum absolute atomic E-state index is 0.212. The third-order valence-corrected chi connectivity index (χ3v) is 5.14. The summed E-state index contributed by atoms with van der Waals surface area (Å²) in [4.78, 5) is 12.0. The van der Waals surface area contributed by atoms with E-state index in [9.17, 15) is 9.18 Å². The molecule has 2 aliphatic rings. The molecule has 0 radical (unpaired) electrons. The maximum absolute atomic E-state index is 14.5. The van der Waals surface area contributed by atoms with Gasteiger partial charge in [-0.1, -0.05) is 6.07 Å². The molecule has 1 saturated heterocycles. The Labute approximate surface area is 134 Å². The number of halogens is 1. The first kappa shape index (κ1) is 14.7. The van der Waals surface area contributed by atoms with Crippen LogP contribution < -0.4 is 10.8 Å². The average Bonchev–Trinajstić information content (AvgIpc) is 2.88. The van der Waals surface area contributed by atoms with Crippen molar-refractivity contribution >= 4 is 34.9 Å². The van der Waals surface area contributed by atoms with E-state index in [1.165, 1.54) is 12.1 Å². The summed E-state index contributed by atoms with van der Waals surface area (Å²) in [5.74, 6) is -0.595. The highest BCUT2D eigenvalue weighted by molar-refractivity contribution is 6.65. The molecule has 1 N–H and O–H groups in total. The van der Waals surface area contributed by atoms with Gasteiger partial charge < -0.3 is 14.6 Å². The number of hydrogen-bond acceptors (Lipinski definition) is 3. The Bertz CT molecular complexity index is 847. The van der Waals surface area contributed by atoms with Crippen molar-refractivity contribution in [2.24, 2.45) is 0 Å².